The second kappa shape index (κ2) is 6.21. The smallest absolute Gasteiger partial charge is 0.239 e. The molecular formula is C12H24N2O2. The molecule has 1 aliphatic heterocycles. The molecule has 4 nitrogen and oxygen atoms in total. The number of carbonyl (C=O) groups excluding carboxylic acids is 1. The van der Waals surface area contributed by atoms with E-state index in [1.54, 1.807) is 0 Å². The molecule has 16 heavy (non-hydrogen) atoms. The highest BCUT2D eigenvalue weighted by Gasteiger charge is 2.23. The normalized spacial score (nSPS) is 21.8. The maximum Gasteiger partial charge on any atom is 0.239 e. The van der Waals surface area contributed by atoms with Gasteiger partial charge in [0.1, 0.15) is 6.04 Å². The van der Waals surface area contributed by atoms with Gasteiger partial charge >= 0.3 is 0 Å². The van der Waals surface area contributed by atoms with Gasteiger partial charge in [-0.2, -0.15) is 0 Å². The van der Waals surface area contributed by atoms with E-state index >= 15 is 0 Å². The first kappa shape index (κ1) is 13.5. The Morgan fingerprint density at radius 2 is 2.31 bits per heavy atom. The predicted molar refractivity (Wildman–Crippen MR) is 64.3 cm³/mol. The molecule has 0 aliphatic carbocycles. The summed E-state index contributed by atoms with van der Waals surface area (Å²) >= 11 is 0. The van der Waals surface area contributed by atoms with E-state index in [2.05, 4.69) is 31.4 Å². The summed E-state index contributed by atoms with van der Waals surface area (Å²) in [7, 11) is 0. The average molecular weight is 228 g/mol. The highest BCUT2D eigenvalue weighted by Crippen LogP contribution is 2.20. The van der Waals surface area contributed by atoms with Crippen LogP contribution in [-0.2, 0) is 9.53 Å². The SMILES string of the molecule is CCCC(C)(C)CNC(=O)C1COCCN1. The number of rotatable bonds is 5. The van der Waals surface area contributed by atoms with Gasteiger partial charge in [0, 0.05) is 13.1 Å². The van der Waals surface area contributed by atoms with Crippen LogP contribution in [0.3, 0.4) is 0 Å². The lowest BCUT2D eigenvalue weighted by Crippen LogP contribution is -2.52. The van der Waals surface area contributed by atoms with E-state index in [1.807, 2.05) is 0 Å². The van der Waals surface area contributed by atoms with Crippen molar-refractivity contribution in [2.45, 2.75) is 39.7 Å². The lowest BCUT2D eigenvalue weighted by Gasteiger charge is -2.27. The third-order valence-corrected chi connectivity index (χ3v) is 2.91. The number of hydrogen-bond acceptors (Lipinski definition) is 3. The number of ether oxygens (including phenoxy) is 1. The Bertz CT molecular complexity index is 223. The largest absolute Gasteiger partial charge is 0.378 e. The van der Waals surface area contributed by atoms with E-state index in [0.717, 1.165) is 25.9 Å². The zero-order valence-corrected chi connectivity index (χ0v) is 10.6. The average Bonchev–Trinajstić information content (AvgIpc) is 2.27. The Labute approximate surface area is 98.1 Å². The molecular weight excluding hydrogens is 204 g/mol. The molecule has 0 saturated carbocycles. The molecule has 94 valence electrons. The van der Waals surface area contributed by atoms with Crippen LogP contribution in [0, 0.1) is 5.41 Å². The van der Waals surface area contributed by atoms with Crippen LogP contribution in [0.2, 0.25) is 0 Å². The van der Waals surface area contributed by atoms with Crippen LogP contribution in [0.25, 0.3) is 0 Å². The number of nitrogens with one attached hydrogen (secondary N) is 2. The minimum absolute atomic E-state index is 0.0591. The third kappa shape index (κ3) is 4.49. The summed E-state index contributed by atoms with van der Waals surface area (Å²) < 4.78 is 5.26. The summed E-state index contributed by atoms with van der Waals surface area (Å²) in [5.74, 6) is 0.0591. The van der Waals surface area contributed by atoms with Crippen molar-refractivity contribution in [1.82, 2.24) is 10.6 Å². The van der Waals surface area contributed by atoms with E-state index in [0.29, 0.717) is 13.2 Å². The maximum absolute atomic E-state index is 11.8. The second-order valence-electron chi connectivity index (χ2n) is 5.21. The molecule has 0 bridgehead atoms. The molecule has 4 heteroatoms. The zero-order chi connectivity index (χ0) is 12.0. The standard InChI is InChI=1S/C12H24N2O2/c1-4-5-12(2,3)9-14-11(15)10-8-16-7-6-13-10/h10,13H,4-9H2,1-3H3,(H,14,15). The van der Waals surface area contributed by atoms with Crippen molar-refractivity contribution in [2.24, 2.45) is 5.41 Å². The molecule has 1 heterocycles. The van der Waals surface area contributed by atoms with Crippen LogP contribution in [-0.4, -0.2) is 38.3 Å². The van der Waals surface area contributed by atoms with Crippen molar-refractivity contribution in [3.05, 3.63) is 0 Å². The van der Waals surface area contributed by atoms with Gasteiger partial charge in [-0.3, -0.25) is 4.79 Å². The maximum atomic E-state index is 11.8. The molecule has 2 N–H and O–H groups in total. The fourth-order valence-corrected chi connectivity index (χ4v) is 1.95. The van der Waals surface area contributed by atoms with Gasteiger partial charge in [0.15, 0.2) is 0 Å². The highest BCUT2D eigenvalue weighted by atomic mass is 16.5. The molecule has 1 amide bonds. The molecule has 1 atom stereocenters. The van der Waals surface area contributed by atoms with Crippen LogP contribution < -0.4 is 10.6 Å². The van der Waals surface area contributed by atoms with Crippen molar-refractivity contribution in [3.8, 4) is 0 Å². The Kier molecular flexibility index (Phi) is 5.22. The van der Waals surface area contributed by atoms with E-state index in [1.165, 1.54) is 0 Å². The summed E-state index contributed by atoms with van der Waals surface area (Å²) in [5, 5.41) is 6.15. The van der Waals surface area contributed by atoms with Crippen LogP contribution in [0.5, 0.6) is 0 Å². The number of amides is 1. The molecule has 0 aromatic heterocycles. The first-order valence-corrected chi connectivity index (χ1v) is 6.14. The Balaban J connectivity index is 2.28. The van der Waals surface area contributed by atoms with E-state index in [9.17, 15) is 4.79 Å². The lowest BCUT2D eigenvalue weighted by atomic mass is 9.88. The summed E-state index contributed by atoms with van der Waals surface area (Å²) in [6.07, 6.45) is 2.27. The molecule has 1 rings (SSSR count). The molecule has 0 spiro atoms. The van der Waals surface area contributed by atoms with Crippen LogP contribution >= 0.6 is 0 Å². The van der Waals surface area contributed by atoms with E-state index in [-0.39, 0.29) is 17.4 Å². The first-order valence-electron chi connectivity index (χ1n) is 6.14. The predicted octanol–water partition coefficient (Wildman–Crippen LogP) is 0.917. The van der Waals surface area contributed by atoms with Gasteiger partial charge in [-0.05, 0) is 11.8 Å². The molecule has 0 aromatic carbocycles. The molecule has 1 unspecified atom stereocenters. The minimum Gasteiger partial charge on any atom is -0.378 e. The fourth-order valence-electron chi connectivity index (χ4n) is 1.95. The molecule has 1 aliphatic rings. The lowest BCUT2D eigenvalue weighted by molar-refractivity contribution is -0.126. The van der Waals surface area contributed by atoms with Crippen molar-refractivity contribution < 1.29 is 9.53 Å². The monoisotopic (exact) mass is 228 g/mol. The van der Waals surface area contributed by atoms with Crippen LogP contribution in [0.15, 0.2) is 0 Å². The summed E-state index contributed by atoms with van der Waals surface area (Å²) in [5.41, 5.74) is 0.180. The van der Waals surface area contributed by atoms with Gasteiger partial charge in [-0.1, -0.05) is 27.2 Å². The Hall–Kier alpha value is -0.610. The van der Waals surface area contributed by atoms with Crippen LogP contribution in [0.4, 0.5) is 0 Å². The second-order valence-corrected chi connectivity index (χ2v) is 5.21. The molecule has 0 aromatic rings. The van der Waals surface area contributed by atoms with Gasteiger partial charge in [0.2, 0.25) is 5.91 Å². The number of morpholine rings is 1. The number of carbonyl (C=O) groups is 1. The summed E-state index contributed by atoms with van der Waals surface area (Å²) in [6.45, 7) is 9.21. The molecule has 0 radical (unpaired) electrons. The number of hydrogen-bond donors (Lipinski definition) is 2. The third-order valence-electron chi connectivity index (χ3n) is 2.91. The van der Waals surface area contributed by atoms with Gasteiger partial charge < -0.3 is 15.4 Å². The summed E-state index contributed by atoms with van der Waals surface area (Å²) in [4.78, 5) is 11.8. The van der Waals surface area contributed by atoms with Crippen molar-refractivity contribution >= 4 is 5.91 Å². The fraction of sp³-hybridized carbons (Fsp3) is 0.917. The Morgan fingerprint density at radius 1 is 1.56 bits per heavy atom. The highest BCUT2D eigenvalue weighted by molar-refractivity contribution is 5.82. The van der Waals surface area contributed by atoms with Crippen molar-refractivity contribution in [2.75, 3.05) is 26.3 Å². The minimum atomic E-state index is -0.175. The van der Waals surface area contributed by atoms with Crippen molar-refractivity contribution in [1.29, 1.82) is 0 Å². The van der Waals surface area contributed by atoms with Gasteiger partial charge in [-0.15, -0.1) is 0 Å². The van der Waals surface area contributed by atoms with Gasteiger partial charge in [0.05, 0.1) is 13.2 Å². The zero-order valence-electron chi connectivity index (χ0n) is 10.6. The van der Waals surface area contributed by atoms with Crippen molar-refractivity contribution in [3.63, 3.8) is 0 Å². The quantitative estimate of drug-likeness (QED) is 0.735. The molecule has 1 saturated heterocycles. The summed E-state index contributed by atoms with van der Waals surface area (Å²) in [6, 6.07) is -0.175. The van der Waals surface area contributed by atoms with Crippen LogP contribution in [0.1, 0.15) is 33.6 Å². The first-order chi connectivity index (χ1) is 7.55. The Morgan fingerprint density at radius 3 is 2.88 bits per heavy atom. The molecule has 1 fully saturated rings. The van der Waals surface area contributed by atoms with E-state index in [4.69, 9.17) is 4.74 Å². The topological polar surface area (TPSA) is 50.4 Å². The van der Waals surface area contributed by atoms with Gasteiger partial charge in [-0.25, -0.2) is 0 Å². The van der Waals surface area contributed by atoms with E-state index < -0.39 is 0 Å². The van der Waals surface area contributed by atoms with Gasteiger partial charge in [0.25, 0.3) is 0 Å².